The van der Waals surface area contributed by atoms with Gasteiger partial charge in [-0.2, -0.15) is 0 Å². The van der Waals surface area contributed by atoms with E-state index in [4.69, 9.17) is 4.74 Å². The number of epoxide rings is 1. The molecule has 1 fully saturated rings. The van der Waals surface area contributed by atoms with Crippen molar-refractivity contribution in [1.82, 2.24) is 5.32 Å². The van der Waals surface area contributed by atoms with Crippen LogP contribution >= 0.6 is 0 Å². The molecule has 5 heteroatoms. The number of amides is 3. The van der Waals surface area contributed by atoms with E-state index >= 15 is 0 Å². The van der Waals surface area contributed by atoms with Gasteiger partial charge in [0, 0.05) is 0 Å². The second-order valence-corrected chi connectivity index (χ2v) is 2.07. The van der Waals surface area contributed by atoms with E-state index in [2.05, 4.69) is 5.73 Å². The van der Waals surface area contributed by atoms with Crippen molar-refractivity contribution in [1.29, 1.82) is 0 Å². The highest BCUT2D eigenvalue weighted by Gasteiger charge is 2.25. The van der Waals surface area contributed by atoms with Gasteiger partial charge in [-0.3, -0.25) is 10.1 Å². The Morgan fingerprint density at radius 2 is 2.30 bits per heavy atom. The number of hydrogen-bond donors (Lipinski definition) is 2. The molecule has 10 heavy (non-hydrogen) atoms. The Balaban J connectivity index is 2.14. The Kier molecular flexibility index (Phi) is 1.86. The van der Waals surface area contributed by atoms with Gasteiger partial charge in [0.1, 0.15) is 0 Å². The number of nitrogens with one attached hydrogen (secondary N) is 1. The maximum atomic E-state index is 10.6. The van der Waals surface area contributed by atoms with Crippen molar-refractivity contribution in [3.8, 4) is 0 Å². The average molecular weight is 144 g/mol. The first kappa shape index (κ1) is 7.01. The molecule has 1 saturated heterocycles. The summed E-state index contributed by atoms with van der Waals surface area (Å²) >= 11 is 0. The van der Waals surface area contributed by atoms with E-state index in [0.717, 1.165) is 0 Å². The fourth-order valence-electron chi connectivity index (χ4n) is 0.581. The van der Waals surface area contributed by atoms with E-state index in [1.165, 1.54) is 0 Å². The Labute approximate surface area is 57.5 Å². The molecule has 1 unspecified atom stereocenters. The first-order valence-corrected chi connectivity index (χ1v) is 2.89. The Bertz CT molecular complexity index is 164. The van der Waals surface area contributed by atoms with Gasteiger partial charge in [-0.05, 0) is 0 Å². The van der Waals surface area contributed by atoms with Crippen molar-refractivity contribution < 1.29 is 14.3 Å². The van der Waals surface area contributed by atoms with E-state index in [1.54, 1.807) is 0 Å². The summed E-state index contributed by atoms with van der Waals surface area (Å²) in [7, 11) is 0. The number of carbonyl (C=O) groups excluding carboxylic acids is 2. The average Bonchev–Trinajstić information content (AvgIpc) is 2.46. The van der Waals surface area contributed by atoms with Crippen molar-refractivity contribution in [3.05, 3.63) is 0 Å². The quantitative estimate of drug-likeness (QED) is 0.486. The Morgan fingerprint density at radius 1 is 1.70 bits per heavy atom. The zero-order valence-corrected chi connectivity index (χ0v) is 5.29. The third-order valence-electron chi connectivity index (χ3n) is 1.08. The van der Waals surface area contributed by atoms with Gasteiger partial charge in [0.25, 0.3) is 0 Å². The number of primary amides is 1. The number of rotatable bonds is 2. The largest absolute Gasteiger partial charge is 0.373 e. The van der Waals surface area contributed by atoms with Crippen LogP contribution in [-0.4, -0.2) is 24.6 Å². The molecular formula is C5H8N2O3. The summed E-state index contributed by atoms with van der Waals surface area (Å²) in [6.45, 7) is 0.603. The smallest absolute Gasteiger partial charge is 0.318 e. The van der Waals surface area contributed by atoms with E-state index in [0.29, 0.717) is 6.61 Å². The Hall–Kier alpha value is -1.10. The van der Waals surface area contributed by atoms with Crippen LogP contribution in [0.2, 0.25) is 0 Å². The first-order valence-electron chi connectivity index (χ1n) is 2.89. The molecule has 0 saturated carbocycles. The molecule has 1 aliphatic rings. The lowest BCUT2D eigenvalue weighted by molar-refractivity contribution is -0.120. The topological polar surface area (TPSA) is 84.7 Å². The van der Waals surface area contributed by atoms with Gasteiger partial charge in [-0.25, -0.2) is 4.79 Å². The maximum absolute atomic E-state index is 10.6. The van der Waals surface area contributed by atoms with Crippen LogP contribution in [0.4, 0.5) is 4.79 Å². The lowest BCUT2D eigenvalue weighted by atomic mass is 10.3. The van der Waals surface area contributed by atoms with Gasteiger partial charge in [0.05, 0.1) is 19.1 Å². The van der Waals surface area contributed by atoms with E-state index in [9.17, 15) is 9.59 Å². The Morgan fingerprint density at radius 3 is 2.70 bits per heavy atom. The van der Waals surface area contributed by atoms with Crippen LogP contribution in [0.3, 0.4) is 0 Å². The third-order valence-corrected chi connectivity index (χ3v) is 1.08. The van der Waals surface area contributed by atoms with Gasteiger partial charge in [0.2, 0.25) is 5.91 Å². The van der Waals surface area contributed by atoms with Gasteiger partial charge < -0.3 is 10.5 Å². The zero-order valence-electron chi connectivity index (χ0n) is 5.29. The molecular weight excluding hydrogens is 136 g/mol. The van der Waals surface area contributed by atoms with E-state index in [-0.39, 0.29) is 18.4 Å². The molecule has 5 nitrogen and oxygen atoms in total. The van der Waals surface area contributed by atoms with Crippen LogP contribution in [0, 0.1) is 0 Å². The molecule has 1 atom stereocenters. The summed E-state index contributed by atoms with van der Waals surface area (Å²) < 4.78 is 4.75. The lowest BCUT2D eigenvalue weighted by Gasteiger charge is -1.95. The molecule has 3 amide bonds. The van der Waals surface area contributed by atoms with Gasteiger partial charge in [-0.1, -0.05) is 0 Å². The number of ether oxygens (including phenoxy) is 1. The van der Waals surface area contributed by atoms with Crippen LogP contribution in [0.15, 0.2) is 0 Å². The summed E-state index contributed by atoms with van der Waals surface area (Å²) in [5.74, 6) is -0.380. The minimum Gasteiger partial charge on any atom is -0.373 e. The van der Waals surface area contributed by atoms with Crippen LogP contribution in [-0.2, 0) is 9.53 Å². The van der Waals surface area contributed by atoms with Crippen molar-refractivity contribution >= 4 is 11.9 Å². The molecule has 56 valence electrons. The molecule has 0 bridgehead atoms. The predicted octanol–water partition coefficient (Wildman–Crippen LogP) is -1.03. The minimum absolute atomic E-state index is 0.000602. The van der Waals surface area contributed by atoms with E-state index < -0.39 is 6.03 Å². The monoisotopic (exact) mass is 144 g/mol. The molecule has 1 rings (SSSR count). The normalized spacial score (nSPS) is 21.8. The third kappa shape index (κ3) is 2.45. The molecule has 0 aromatic rings. The fraction of sp³-hybridized carbons (Fsp3) is 0.600. The molecule has 1 aliphatic heterocycles. The van der Waals surface area contributed by atoms with Crippen molar-refractivity contribution in [2.24, 2.45) is 5.73 Å². The zero-order chi connectivity index (χ0) is 7.56. The molecule has 1 heterocycles. The van der Waals surface area contributed by atoms with Gasteiger partial charge in [-0.15, -0.1) is 0 Å². The summed E-state index contributed by atoms with van der Waals surface area (Å²) in [5.41, 5.74) is 4.68. The van der Waals surface area contributed by atoms with Crippen LogP contribution in [0.1, 0.15) is 6.42 Å². The summed E-state index contributed by atoms with van der Waals surface area (Å²) in [5, 5.41) is 1.93. The van der Waals surface area contributed by atoms with Crippen molar-refractivity contribution in [2.75, 3.05) is 6.61 Å². The molecule has 0 radical (unpaired) electrons. The van der Waals surface area contributed by atoms with Crippen molar-refractivity contribution in [2.45, 2.75) is 12.5 Å². The highest BCUT2D eigenvalue weighted by Crippen LogP contribution is 2.12. The fourth-order valence-corrected chi connectivity index (χ4v) is 0.581. The maximum Gasteiger partial charge on any atom is 0.318 e. The van der Waals surface area contributed by atoms with Crippen LogP contribution in [0.5, 0.6) is 0 Å². The number of nitrogens with two attached hydrogens (primary N) is 1. The summed E-state index contributed by atoms with van der Waals surface area (Å²) in [4.78, 5) is 20.7. The van der Waals surface area contributed by atoms with Crippen LogP contribution < -0.4 is 11.1 Å². The summed E-state index contributed by atoms with van der Waals surface area (Å²) in [6, 6.07) is -0.814. The highest BCUT2D eigenvalue weighted by molar-refractivity contribution is 5.93. The number of hydrogen-bond acceptors (Lipinski definition) is 3. The standard InChI is InChI=1S/C5H8N2O3/c6-5(9)7-4(8)1-3-2-10-3/h3H,1-2H2,(H3,6,7,8,9). The predicted molar refractivity (Wildman–Crippen MR) is 32.1 cm³/mol. The number of carbonyl (C=O) groups is 2. The first-order chi connectivity index (χ1) is 4.68. The highest BCUT2D eigenvalue weighted by atomic mass is 16.6. The molecule has 0 aromatic heterocycles. The van der Waals surface area contributed by atoms with Gasteiger partial charge >= 0.3 is 6.03 Å². The lowest BCUT2D eigenvalue weighted by Crippen LogP contribution is -2.35. The van der Waals surface area contributed by atoms with Gasteiger partial charge in [0.15, 0.2) is 0 Å². The molecule has 0 spiro atoms. The molecule has 3 N–H and O–H groups in total. The van der Waals surface area contributed by atoms with Crippen molar-refractivity contribution in [3.63, 3.8) is 0 Å². The SMILES string of the molecule is NC(=O)NC(=O)CC1CO1. The minimum atomic E-state index is -0.814. The molecule has 0 aromatic carbocycles. The molecule has 0 aliphatic carbocycles. The van der Waals surface area contributed by atoms with Crippen LogP contribution in [0.25, 0.3) is 0 Å². The number of urea groups is 1. The van der Waals surface area contributed by atoms with E-state index in [1.807, 2.05) is 5.32 Å². The summed E-state index contributed by atoms with van der Waals surface area (Å²) in [6.07, 6.45) is 0.225. The second kappa shape index (κ2) is 2.66. The second-order valence-electron chi connectivity index (χ2n) is 2.07. The number of imide groups is 1.